The molecule has 1 aromatic rings. The van der Waals surface area contributed by atoms with Crippen LogP contribution >= 0.6 is 22.6 Å². The van der Waals surface area contributed by atoms with E-state index in [-0.39, 0.29) is 6.61 Å². The van der Waals surface area contributed by atoms with Crippen LogP contribution in [0.3, 0.4) is 0 Å². The van der Waals surface area contributed by atoms with E-state index in [0.29, 0.717) is 17.5 Å². The monoisotopic (exact) mass is 364 g/mol. The number of likely N-dealkylation sites (N-methyl/N-ethyl adjacent to an activating group) is 1. The van der Waals surface area contributed by atoms with Gasteiger partial charge in [-0.15, -0.1) is 0 Å². The molecule has 0 aliphatic carbocycles. The third kappa shape index (κ3) is 2.83. The van der Waals surface area contributed by atoms with Crippen LogP contribution in [0.4, 0.5) is 5.95 Å². The summed E-state index contributed by atoms with van der Waals surface area (Å²) in [5, 5.41) is 9.33. The van der Waals surface area contributed by atoms with Crippen molar-refractivity contribution in [1.29, 1.82) is 0 Å². The number of nitrogens with zero attached hydrogens (tertiary/aromatic N) is 4. The first-order valence-electron chi connectivity index (χ1n) is 5.80. The molecule has 1 N–H and O–H groups in total. The Balaban J connectivity index is 2.27. The van der Waals surface area contributed by atoms with Crippen LogP contribution in [-0.4, -0.2) is 60.3 Å². The van der Waals surface area contributed by atoms with Gasteiger partial charge in [0, 0.05) is 26.2 Å². The number of ether oxygens (including phenoxy) is 1. The molecule has 1 aromatic heterocycles. The van der Waals surface area contributed by atoms with E-state index in [4.69, 9.17) is 4.74 Å². The van der Waals surface area contributed by atoms with Gasteiger partial charge in [-0.05, 0) is 29.6 Å². The second-order valence-corrected chi connectivity index (χ2v) is 5.32. The fourth-order valence-corrected chi connectivity index (χ4v) is 2.48. The Morgan fingerprint density at radius 2 is 1.94 bits per heavy atom. The van der Waals surface area contributed by atoms with Gasteiger partial charge < -0.3 is 19.6 Å². The zero-order valence-corrected chi connectivity index (χ0v) is 12.7. The molecule has 1 saturated heterocycles. The first-order chi connectivity index (χ1) is 8.65. The first-order valence-corrected chi connectivity index (χ1v) is 6.88. The van der Waals surface area contributed by atoms with E-state index in [0.717, 1.165) is 29.7 Å². The number of halogens is 1. The van der Waals surface area contributed by atoms with E-state index in [2.05, 4.69) is 49.4 Å². The number of piperazine rings is 1. The number of hydrogen-bond acceptors (Lipinski definition) is 6. The summed E-state index contributed by atoms with van der Waals surface area (Å²) in [4.78, 5) is 13.2. The van der Waals surface area contributed by atoms with Crippen LogP contribution in [0.1, 0.15) is 5.69 Å². The molecule has 0 spiro atoms. The van der Waals surface area contributed by atoms with Gasteiger partial charge in [-0.2, -0.15) is 4.98 Å². The maximum Gasteiger partial charge on any atom is 0.232 e. The molecule has 0 bridgehead atoms. The molecule has 0 unspecified atom stereocenters. The van der Waals surface area contributed by atoms with E-state index in [1.54, 1.807) is 7.11 Å². The number of methoxy groups -OCH3 is 1. The molecule has 0 saturated carbocycles. The lowest BCUT2D eigenvalue weighted by molar-refractivity contribution is 0.273. The van der Waals surface area contributed by atoms with Gasteiger partial charge in [0.2, 0.25) is 11.8 Å². The van der Waals surface area contributed by atoms with Gasteiger partial charge in [-0.25, -0.2) is 4.98 Å². The molecule has 2 heterocycles. The topological polar surface area (TPSA) is 61.7 Å². The van der Waals surface area contributed by atoms with Crippen LogP contribution in [-0.2, 0) is 6.61 Å². The molecular formula is C11H17IN4O2. The van der Waals surface area contributed by atoms with Crippen molar-refractivity contribution < 1.29 is 9.84 Å². The highest BCUT2D eigenvalue weighted by atomic mass is 127. The second-order valence-electron chi connectivity index (χ2n) is 4.24. The summed E-state index contributed by atoms with van der Waals surface area (Å²) in [5.74, 6) is 1.17. The van der Waals surface area contributed by atoms with Crippen molar-refractivity contribution in [3.05, 3.63) is 9.26 Å². The van der Waals surface area contributed by atoms with Crippen LogP contribution in [0, 0.1) is 3.57 Å². The Labute approximate surface area is 120 Å². The van der Waals surface area contributed by atoms with Crippen molar-refractivity contribution in [2.24, 2.45) is 0 Å². The van der Waals surface area contributed by atoms with Crippen LogP contribution in [0.25, 0.3) is 0 Å². The van der Waals surface area contributed by atoms with Crippen molar-refractivity contribution in [3.8, 4) is 5.88 Å². The summed E-state index contributed by atoms with van der Waals surface area (Å²) >= 11 is 2.10. The third-order valence-electron chi connectivity index (χ3n) is 3.01. The summed E-state index contributed by atoms with van der Waals surface area (Å²) < 4.78 is 6.01. The largest absolute Gasteiger partial charge is 0.480 e. The van der Waals surface area contributed by atoms with Crippen LogP contribution < -0.4 is 9.64 Å². The Hall–Kier alpha value is -0.670. The van der Waals surface area contributed by atoms with Gasteiger partial charge in [0.1, 0.15) is 0 Å². The van der Waals surface area contributed by atoms with Crippen LogP contribution in [0.2, 0.25) is 0 Å². The molecule has 7 heteroatoms. The lowest BCUT2D eigenvalue weighted by atomic mass is 10.3. The number of aromatic nitrogens is 2. The molecule has 0 aromatic carbocycles. The molecule has 100 valence electrons. The average molecular weight is 364 g/mol. The Morgan fingerprint density at radius 1 is 1.28 bits per heavy atom. The maximum atomic E-state index is 9.33. The Bertz CT molecular complexity index is 396. The van der Waals surface area contributed by atoms with Gasteiger partial charge in [0.25, 0.3) is 0 Å². The molecule has 1 fully saturated rings. The highest BCUT2D eigenvalue weighted by Crippen LogP contribution is 2.24. The molecule has 0 atom stereocenters. The summed E-state index contributed by atoms with van der Waals surface area (Å²) in [6, 6.07) is 0. The average Bonchev–Trinajstić information content (AvgIpc) is 2.40. The van der Waals surface area contributed by atoms with Gasteiger partial charge in [0.05, 0.1) is 23.0 Å². The molecule has 0 radical (unpaired) electrons. The minimum Gasteiger partial charge on any atom is -0.480 e. The number of aliphatic hydroxyl groups excluding tert-OH is 1. The number of aliphatic hydroxyl groups is 1. The van der Waals surface area contributed by atoms with Crippen molar-refractivity contribution in [1.82, 2.24) is 14.9 Å². The predicted octanol–water partition coefficient (Wildman–Crippen LogP) is 0.334. The highest BCUT2D eigenvalue weighted by Gasteiger charge is 2.20. The van der Waals surface area contributed by atoms with E-state index in [1.807, 2.05) is 0 Å². The Morgan fingerprint density at radius 3 is 2.50 bits per heavy atom. The Kier molecular flexibility index (Phi) is 4.57. The van der Waals surface area contributed by atoms with Gasteiger partial charge in [0.15, 0.2) is 0 Å². The summed E-state index contributed by atoms with van der Waals surface area (Å²) in [6.45, 7) is 3.67. The highest BCUT2D eigenvalue weighted by molar-refractivity contribution is 14.1. The van der Waals surface area contributed by atoms with Crippen molar-refractivity contribution >= 4 is 28.5 Å². The fraction of sp³-hybridized carbons (Fsp3) is 0.636. The van der Waals surface area contributed by atoms with E-state index >= 15 is 0 Å². The predicted molar refractivity (Wildman–Crippen MR) is 76.9 cm³/mol. The standard InChI is InChI=1S/C11H17IN4O2/c1-15-3-5-16(6-4-15)11-13-8(7-17)9(12)10(14-11)18-2/h17H,3-7H2,1-2H3. The number of anilines is 1. The van der Waals surface area contributed by atoms with Crippen molar-refractivity contribution in [3.63, 3.8) is 0 Å². The van der Waals surface area contributed by atoms with E-state index < -0.39 is 0 Å². The quantitative estimate of drug-likeness (QED) is 0.781. The molecule has 18 heavy (non-hydrogen) atoms. The summed E-state index contributed by atoms with van der Waals surface area (Å²) in [5.41, 5.74) is 0.622. The lowest BCUT2D eigenvalue weighted by Gasteiger charge is -2.32. The van der Waals surface area contributed by atoms with E-state index in [1.165, 1.54) is 0 Å². The number of rotatable bonds is 3. The van der Waals surface area contributed by atoms with Crippen LogP contribution in [0.5, 0.6) is 5.88 Å². The molecule has 0 amide bonds. The van der Waals surface area contributed by atoms with Gasteiger partial charge in [-0.3, -0.25) is 0 Å². The zero-order chi connectivity index (χ0) is 13.1. The maximum absolute atomic E-state index is 9.33. The summed E-state index contributed by atoms with van der Waals surface area (Å²) in [6.07, 6.45) is 0. The lowest BCUT2D eigenvalue weighted by Crippen LogP contribution is -2.45. The smallest absolute Gasteiger partial charge is 0.232 e. The number of hydrogen-bond donors (Lipinski definition) is 1. The van der Waals surface area contributed by atoms with Crippen molar-refractivity contribution in [2.45, 2.75) is 6.61 Å². The molecule has 1 aliphatic rings. The molecule has 2 rings (SSSR count). The fourth-order valence-electron chi connectivity index (χ4n) is 1.85. The third-order valence-corrected chi connectivity index (χ3v) is 4.09. The minimum atomic E-state index is -0.0993. The van der Waals surface area contributed by atoms with E-state index in [9.17, 15) is 5.11 Å². The van der Waals surface area contributed by atoms with Crippen LogP contribution in [0.15, 0.2) is 0 Å². The molecular weight excluding hydrogens is 347 g/mol. The SMILES string of the molecule is COc1nc(N2CCN(C)CC2)nc(CO)c1I. The minimum absolute atomic E-state index is 0.0993. The first kappa shape index (κ1) is 13.8. The normalized spacial score (nSPS) is 17.0. The van der Waals surface area contributed by atoms with Gasteiger partial charge in [-0.1, -0.05) is 0 Å². The van der Waals surface area contributed by atoms with Gasteiger partial charge >= 0.3 is 0 Å². The van der Waals surface area contributed by atoms with Crippen molar-refractivity contribution in [2.75, 3.05) is 45.2 Å². The second kappa shape index (κ2) is 5.98. The zero-order valence-electron chi connectivity index (χ0n) is 10.6. The molecule has 1 aliphatic heterocycles. The molecule has 6 nitrogen and oxygen atoms in total. The summed E-state index contributed by atoms with van der Waals surface area (Å²) in [7, 11) is 3.69.